The van der Waals surface area contributed by atoms with Crippen molar-refractivity contribution in [1.82, 2.24) is 0 Å². The van der Waals surface area contributed by atoms with Crippen molar-refractivity contribution in [3.05, 3.63) is 52.4 Å². The number of nitrogens with one attached hydrogen (secondary N) is 1. The van der Waals surface area contributed by atoms with E-state index in [9.17, 15) is 19.5 Å². The second-order valence-corrected chi connectivity index (χ2v) is 9.67. The van der Waals surface area contributed by atoms with E-state index in [2.05, 4.69) is 12.2 Å². The summed E-state index contributed by atoms with van der Waals surface area (Å²) in [5.74, 6) is -3.47. The Bertz CT molecular complexity index is 1080. The summed E-state index contributed by atoms with van der Waals surface area (Å²) >= 11 is 1.31. The summed E-state index contributed by atoms with van der Waals surface area (Å²) in [6.45, 7) is 3.98. The number of hydrogen-bond acceptors (Lipinski definition) is 5. The van der Waals surface area contributed by atoms with Crippen LogP contribution in [0.5, 0.6) is 0 Å². The molecule has 6 nitrogen and oxygen atoms in total. The number of hydrogen-bond donors (Lipinski definition) is 2. The minimum atomic E-state index is -0.948. The van der Waals surface area contributed by atoms with Gasteiger partial charge in [-0.15, -0.1) is 11.3 Å². The summed E-state index contributed by atoms with van der Waals surface area (Å²) in [6, 6.07) is 7.98. The second kappa shape index (κ2) is 8.90. The maximum atomic E-state index is 13.3. The number of fused-ring (bicyclic) bond motifs is 2. The van der Waals surface area contributed by atoms with Gasteiger partial charge in [-0.1, -0.05) is 43.3 Å². The first-order chi connectivity index (χ1) is 15.3. The van der Waals surface area contributed by atoms with Crippen LogP contribution in [0.2, 0.25) is 0 Å². The van der Waals surface area contributed by atoms with Gasteiger partial charge in [-0.05, 0) is 49.1 Å². The van der Waals surface area contributed by atoms with Gasteiger partial charge in [0.25, 0.3) is 0 Å². The second-order valence-electron chi connectivity index (χ2n) is 8.45. The molecule has 32 heavy (non-hydrogen) atoms. The minimum absolute atomic E-state index is 0.107. The number of ether oxygens (including phenoxy) is 1. The van der Waals surface area contributed by atoms with Crippen molar-refractivity contribution in [1.29, 1.82) is 0 Å². The van der Waals surface area contributed by atoms with E-state index in [4.69, 9.17) is 4.74 Å². The number of carboxylic acid groups (broad SMARTS) is 1. The van der Waals surface area contributed by atoms with Crippen molar-refractivity contribution < 1.29 is 24.2 Å². The molecule has 0 aliphatic heterocycles. The van der Waals surface area contributed by atoms with Crippen LogP contribution < -0.4 is 5.32 Å². The number of carbonyl (C=O) groups is 3. The van der Waals surface area contributed by atoms with Crippen molar-refractivity contribution in [2.45, 2.75) is 33.1 Å². The molecule has 0 spiro atoms. The van der Waals surface area contributed by atoms with Gasteiger partial charge in [-0.3, -0.25) is 9.59 Å². The number of carbonyl (C=O) groups excluding carboxylic acids is 2. The van der Waals surface area contributed by atoms with Gasteiger partial charge >= 0.3 is 11.9 Å². The van der Waals surface area contributed by atoms with Crippen LogP contribution in [0.25, 0.3) is 11.1 Å². The molecule has 2 aromatic rings. The number of thiophene rings is 1. The lowest BCUT2D eigenvalue weighted by atomic mass is 9.62. The first-order valence-electron chi connectivity index (χ1n) is 10.9. The number of aryl methyl sites for hydroxylation is 2. The molecule has 168 valence electrons. The molecule has 2 bridgehead atoms. The lowest BCUT2D eigenvalue weighted by Crippen LogP contribution is -2.47. The van der Waals surface area contributed by atoms with Gasteiger partial charge in [-0.2, -0.15) is 0 Å². The predicted molar refractivity (Wildman–Crippen MR) is 124 cm³/mol. The predicted octanol–water partition coefficient (Wildman–Crippen LogP) is 4.92. The third kappa shape index (κ3) is 3.86. The number of aliphatic carboxylic acids is 1. The zero-order valence-corrected chi connectivity index (χ0v) is 19.2. The molecule has 0 radical (unpaired) electrons. The number of methoxy groups -OCH3 is 1. The van der Waals surface area contributed by atoms with Crippen LogP contribution in [-0.2, 0) is 20.7 Å². The van der Waals surface area contributed by atoms with E-state index in [0.717, 1.165) is 35.3 Å². The van der Waals surface area contributed by atoms with E-state index < -0.39 is 23.8 Å². The van der Waals surface area contributed by atoms with E-state index in [1.165, 1.54) is 24.0 Å². The Labute approximate surface area is 191 Å². The molecular formula is C25H27NO5S. The number of carboxylic acids is 1. The van der Waals surface area contributed by atoms with Gasteiger partial charge < -0.3 is 15.2 Å². The van der Waals surface area contributed by atoms with Gasteiger partial charge in [-0.25, -0.2) is 4.79 Å². The molecule has 1 aromatic carbocycles. The van der Waals surface area contributed by atoms with Crippen molar-refractivity contribution in [3.63, 3.8) is 0 Å². The number of rotatable bonds is 6. The zero-order valence-electron chi connectivity index (χ0n) is 18.4. The first kappa shape index (κ1) is 22.3. The zero-order chi connectivity index (χ0) is 23.0. The molecule has 3 aliphatic carbocycles. The quantitative estimate of drug-likeness (QED) is 0.478. The molecule has 1 amide bonds. The Hall–Kier alpha value is -2.93. The Morgan fingerprint density at radius 1 is 1.09 bits per heavy atom. The normalized spacial score (nSPS) is 23.7. The third-order valence-electron chi connectivity index (χ3n) is 6.70. The van der Waals surface area contributed by atoms with Crippen LogP contribution >= 0.6 is 11.3 Å². The number of esters is 1. The van der Waals surface area contributed by atoms with Crippen LogP contribution in [0.15, 0.2) is 36.4 Å². The summed E-state index contributed by atoms with van der Waals surface area (Å²) < 4.78 is 5.04. The first-order valence-corrected chi connectivity index (χ1v) is 11.7. The van der Waals surface area contributed by atoms with Crippen LogP contribution in [0, 0.1) is 30.6 Å². The summed E-state index contributed by atoms with van der Waals surface area (Å²) in [7, 11) is 1.32. The fourth-order valence-electron chi connectivity index (χ4n) is 5.07. The van der Waals surface area contributed by atoms with Crippen LogP contribution in [0.4, 0.5) is 5.00 Å². The van der Waals surface area contributed by atoms with E-state index >= 15 is 0 Å². The van der Waals surface area contributed by atoms with Gasteiger partial charge in [0.15, 0.2) is 0 Å². The summed E-state index contributed by atoms with van der Waals surface area (Å²) in [5.41, 5.74) is 3.12. The Morgan fingerprint density at radius 3 is 2.25 bits per heavy atom. The summed E-state index contributed by atoms with van der Waals surface area (Å²) in [5, 5.41) is 13.1. The number of anilines is 1. The smallest absolute Gasteiger partial charge is 0.341 e. The highest BCUT2D eigenvalue weighted by molar-refractivity contribution is 7.17. The molecule has 0 saturated heterocycles. The molecule has 7 heteroatoms. The van der Waals surface area contributed by atoms with E-state index in [0.29, 0.717) is 10.6 Å². The molecule has 0 unspecified atom stereocenters. The largest absolute Gasteiger partial charge is 0.481 e. The summed E-state index contributed by atoms with van der Waals surface area (Å²) in [4.78, 5) is 38.9. The van der Waals surface area contributed by atoms with E-state index in [1.807, 2.05) is 43.3 Å². The van der Waals surface area contributed by atoms with Crippen LogP contribution in [0.3, 0.4) is 0 Å². The number of benzene rings is 1. The van der Waals surface area contributed by atoms with Crippen LogP contribution in [-0.4, -0.2) is 30.1 Å². The fourth-order valence-corrected chi connectivity index (χ4v) is 6.13. The Morgan fingerprint density at radius 2 is 1.72 bits per heavy atom. The Balaban J connectivity index is 1.71. The fraction of sp³-hybridized carbons (Fsp3) is 0.400. The highest BCUT2D eigenvalue weighted by Crippen LogP contribution is 2.46. The van der Waals surface area contributed by atoms with Crippen molar-refractivity contribution in [2.75, 3.05) is 12.4 Å². The maximum absolute atomic E-state index is 13.3. The van der Waals surface area contributed by atoms with Gasteiger partial charge in [0.05, 0.1) is 18.9 Å². The molecule has 1 heterocycles. The average Bonchev–Trinajstić information content (AvgIpc) is 3.13. The summed E-state index contributed by atoms with van der Waals surface area (Å²) in [6.07, 6.45) is 6.40. The lowest BCUT2D eigenvalue weighted by molar-refractivity contribution is -0.151. The van der Waals surface area contributed by atoms with E-state index in [1.54, 1.807) is 0 Å². The highest BCUT2D eigenvalue weighted by atomic mass is 32.1. The van der Waals surface area contributed by atoms with Gasteiger partial charge in [0.1, 0.15) is 10.6 Å². The van der Waals surface area contributed by atoms with Gasteiger partial charge in [0.2, 0.25) is 5.91 Å². The molecule has 4 atom stereocenters. The molecule has 1 fully saturated rings. The topological polar surface area (TPSA) is 92.7 Å². The third-order valence-corrected chi connectivity index (χ3v) is 7.72. The van der Waals surface area contributed by atoms with Crippen molar-refractivity contribution >= 4 is 34.2 Å². The van der Waals surface area contributed by atoms with Gasteiger partial charge in [0, 0.05) is 10.4 Å². The van der Waals surface area contributed by atoms with Crippen molar-refractivity contribution in [3.8, 4) is 11.1 Å². The SMILES string of the molecule is CCc1ccc(-c2c(C)sc(NC(=O)[C@H]3[C@@H](C(=O)O)[C@H]4C=C[C@H]3CC4)c2C(=O)OC)cc1. The minimum Gasteiger partial charge on any atom is -0.481 e. The molecular weight excluding hydrogens is 426 g/mol. The molecule has 1 aromatic heterocycles. The molecule has 1 saturated carbocycles. The molecule has 3 aliphatic rings. The molecule has 5 rings (SSSR count). The number of allylic oxidation sites excluding steroid dienone is 2. The lowest BCUT2D eigenvalue weighted by Gasteiger charge is -2.41. The monoisotopic (exact) mass is 453 g/mol. The Kier molecular flexibility index (Phi) is 6.20. The van der Waals surface area contributed by atoms with Crippen molar-refractivity contribution in [2.24, 2.45) is 23.7 Å². The average molecular weight is 454 g/mol. The van der Waals surface area contributed by atoms with E-state index in [-0.39, 0.29) is 17.7 Å². The van der Waals surface area contributed by atoms with Crippen LogP contribution in [0.1, 0.15) is 40.6 Å². The molecule has 2 N–H and O–H groups in total. The standard InChI is InChI=1S/C25H27NO5S/c1-4-14-5-7-15(8-6-14)18-13(2)32-23(21(18)25(30)31-3)26-22(27)19-16-9-11-17(12-10-16)20(19)24(28)29/h5-9,11,16-17,19-20H,4,10,12H2,1-3H3,(H,26,27)(H,28,29)/t16-,17-,19+,20-/m0/s1. The maximum Gasteiger partial charge on any atom is 0.341 e. The number of amides is 1. The highest BCUT2D eigenvalue weighted by Gasteiger charge is 2.48.